The minimum absolute atomic E-state index is 0.0914. The summed E-state index contributed by atoms with van der Waals surface area (Å²) >= 11 is 0. The second-order valence-electron chi connectivity index (χ2n) is 6.09. The van der Waals surface area contributed by atoms with Crippen molar-refractivity contribution in [1.82, 2.24) is 4.90 Å². The summed E-state index contributed by atoms with van der Waals surface area (Å²) < 4.78 is 0. The van der Waals surface area contributed by atoms with Gasteiger partial charge < -0.3 is 10.2 Å². The predicted molar refractivity (Wildman–Crippen MR) is 85.7 cm³/mol. The van der Waals surface area contributed by atoms with Crippen molar-refractivity contribution in [3.8, 4) is 0 Å². The van der Waals surface area contributed by atoms with Crippen molar-refractivity contribution in [2.24, 2.45) is 5.92 Å². The Bertz CT molecular complexity index is 429. The van der Waals surface area contributed by atoms with Gasteiger partial charge in [-0.1, -0.05) is 26.0 Å². The minimum Gasteiger partial charge on any atom is -0.383 e. The Morgan fingerprint density at radius 2 is 1.95 bits per heavy atom. The molecule has 1 rings (SSSR count). The maximum atomic E-state index is 11.3. The van der Waals surface area contributed by atoms with E-state index in [0.717, 1.165) is 17.2 Å². The Morgan fingerprint density at radius 1 is 1.25 bits per heavy atom. The lowest BCUT2D eigenvalue weighted by atomic mass is 10.0. The number of nitrogens with one attached hydrogen (secondary N) is 1. The standard InChI is InChI=1S/C17H28N2O/c1-13(2)9-10-14(3)18-17-8-6-7-16(11-17)12-19(5)15(4)20/h6-8,11,13-14,18H,9-10,12H2,1-5H3. The number of benzene rings is 1. The molecular formula is C17H28N2O. The Kier molecular flexibility index (Phi) is 6.56. The molecule has 0 aliphatic heterocycles. The summed E-state index contributed by atoms with van der Waals surface area (Å²) in [5.41, 5.74) is 2.29. The second kappa shape index (κ2) is 7.93. The van der Waals surface area contributed by atoms with E-state index < -0.39 is 0 Å². The number of anilines is 1. The molecule has 0 saturated carbocycles. The van der Waals surface area contributed by atoms with E-state index >= 15 is 0 Å². The molecule has 0 spiro atoms. The quantitative estimate of drug-likeness (QED) is 0.819. The van der Waals surface area contributed by atoms with Gasteiger partial charge in [0.15, 0.2) is 0 Å². The average Bonchev–Trinajstić information content (AvgIpc) is 2.36. The van der Waals surface area contributed by atoms with Gasteiger partial charge in [0.1, 0.15) is 0 Å². The number of carbonyl (C=O) groups excluding carboxylic acids is 1. The van der Waals surface area contributed by atoms with E-state index in [4.69, 9.17) is 0 Å². The highest BCUT2D eigenvalue weighted by Crippen LogP contribution is 2.16. The molecule has 0 saturated heterocycles. The third-order valence-electron chi connectivity index (χ3n) is 3.47. The first kappa shape index (κ1) is 16.5. The molecule has 0 aromatic heterocycles. The lowest BCUT2D eigenvalue weighted by Crippen LogP contribution is -2.23. The zero-order valence-corrected chi connectivity index (χ0v) is 13.4. The molecule has 112 valence electrons. The summed E-state index contributed by atoms with van der Waals surface area (Å²) in [6.07, 6.45) is 2.41. The van der Waals surface area contributed by atoms with Crippen molar-refractivity contribution in [3.05, 3.63) is 29.8 Å². The van der Waals surface area contributed by atoms with Crippen LogP contribution in [0.2, 0.25) is 0 Å². The highest BCUT2D eigenvalue weighted by molar-refractivity contribution is 5.72. The van der Waals surface area contributed by atoms with E-state index in [1.165, 1.54) is 12.8 Å². The minimum atomic E-state index is 0.0914. The van der Waals surface area contributed by atoms with Gasteiger partial charge in [-0.05, 0) is 43.4 Å². The van der Waals surface area contributed by atoms with Crippen LogP contribution < -0.4 is 5.32 Å². The monoisotopic (exact) mass is 276 g/mol. The van der Waals surface area contributed by atoms with Crippen LogP contribution in [0.4, 0.5) is 5.69 Å². The molecule has 1 amide bonds. The molecule has 0 fully saturated rings. The average molecular weight is 276 g/mol. The third kappa shape index (κ3) is 6.09. The first-order chi connectivity index (χ1) is 9.38. The lowest BCUT2D eigenvalue weighted by molar-refractivity contribution is -0.128. The molecule has 3 heteroatoms. The summed E-state index contributed by atoms with van der Waals surface area (Å²) in [5, 5.41) is 3.54. The van der Waals surface area contributed by atoms with Gasteiger partial charge in [0.25, 0.3) is 0 Å². The lowest BCUT2D eigenvalue weighted by Gasteiger charge is -2.18. The van der Waals surface area contributed by atoms with E-state index in [1.54, 1.807) is 11.8 Å². The molecule has 0 aliphatic rings. The Labute approximate surface area is 123 Å². The van der Waals surface area contributed by atoms with E-state index in [2.05, 4.69) is 44.3 Å². The molecule has 1 N–H and O–H groups in total. The smallest absolute Gasteiger partial charge is 0.219 e. The summed E-state index contributed by atoms with van der Waals surface area (Å²) in [7, 11) is 1.83. The number of hydrogen-bond donors (Lipinski definition) is 1. The van der Waals surface area contributed by atoms with Crippen LogP contribution in [0.15, 0.2) is 24.3 Å². The van der Waals surface area contributed by atoms with Crippen LogP contribution in [0.3, 0.4) is 0 Å². The molecule has 1 aromatic carbocycles. The number of nitrogens with zero attached hydrogens (tertiary/aromatic N) is 1. The predicted octanol–water partition coefficient (Wildman–Crippen LogP) is 3.90. The van der Waals surface area contributed by atoms with Crippen LogP contribution in [0.25, 0.3) is 0 Å². The highest BCUT2D eigenvalue weighted by atomic mass is 16.2. The van der Waals surface area contributed by atoms with Gasteiger partial charge in [-0.25, -0.2) is 0 Å². The zero-order chi connectivity index (χ0) is 15.1. The largest absolute Gasteiger partial charge is 0.383 e. The maximum Gasteiger partial charge on any atom is 0.219 e. The van der Waals surface area contributed by atoms with Gasteiger partial charge in [-0.3, -0.25) is 4.79 Å². The normalized spacial score (nSPS) is 12.3. The molecule has 20 heavy (non-hydrogen) atoms. The van der Waals surface area contributed by atoms with Gasteiger partial charge in [0.2, 0.25) is 5.91 Å². The van der Waals surface area contributed by atoms with Crippen LogP contribution in [-0.2, 0) is 11.3 Å². The zero-order valence-electron chi connectivity index (χ0n) is 13.4. The summed E-state index contributed by atoms with van der Waals surface area (Å²) in [4.78, 5) is 13.0. The van der Waals surface area contributed by atoms with Crippen LogP contribution >= 0.6 is 0 Å². The Balaban J connectivity index is 2.57. The maximum absolute atomic E-state index is 11.3. The molecule has 1 unspecified atom stereocenters. The number of rotatable bonds is 7. The SMILES string of the molecule is CC(=O)N(C)Cc1cccc(NC(C)CCC(C)C)c1. The Morgan fingerprint density at radius 3 is 2.55 bits per heavy atom. The van der Waals surface area contributed by atoms with Crippen LogP contribution in [0, 0.1) is 5.92 Å². The third-order valence-corrected chi connectivity index (χ3v) is 3.47. The van der Waals surface area contributed by atoms with E-state index in [1.807, 2.05) is 13.1 Å². The van der Waals surface area contributed by atoms with Gasteiger partial charge in [0, 0.05) is 32.2 Å². The van der Waals surface area contributed by atoms with Gasteiger partial charge in [-0.2, -0.15) is 0 Å². The van der Waals surface area contributed by atoms with Gasteiger partial charge in [-0.15, -0.1) is 0 Å². The number of amides is 1. The summed E-state index contributed by atoms with van der Waals surface area (Å²) in [6, 6.07) is 8.79. The van der Waals surface area contributed by atoms with Crippen molar-refractivity contribution >= 4 is 11.6 Å². The molecule has 0 radical (unpaired) electrons. The first-order valence-electron chi connectivity index (χ1n) is 7.45. The fraction of sp³-hybridized carbons (Fsp3) is 0.588. The van der Waals surface area contributed by atoms with Crippen LogP contribution in [-0.4, -0.2) is 23.9 Å². The first-order valence-corrected chi connectivity index (χ1v) is 7.45. The highest BCUT2D eigenvalue weighted by Gasteiger charge is 2.06. The number of carbonyl (C=O) groups is 1. The van der Waals surface area contributed by atoms with Crippen LogP contribution in [0.1, 0.15) is 46.1 Å². The molecule has 0 aliphatic carbocycles. The summed E-state index contributed by atoms with van der Waals surface area (Å²) in [5.74, 6) is 0.837. The van der Waals surface area contributed by atoms with E-state index in [9.17, 15) is 4.79 Å². The fourth-order valence-electron chi connectivity index (χ4n) is 2.08. The molecule has 3 nitrogen and oxygen atoms in total. The molecule has 0 bridgehead atoms. The Hall–Kier alpha value is -1.51. The molecule has 1 aromatic rings. The van der Waals surface area contributed by atoms with Gasteiger partial charge in [0.05, 0.1) is 0 Å². The molecular weight excluding hydrogens is 248 g/mol. The second-order valence-corrected chi connectivity index (χ2v) is 6.09. The topological polar surface area (TPSA) is 32.3 Å². The van der Waals surface area contributed by atoms with E-state index in [0.29, 0.717) is 12.6 Å². The van der Waals surface area contributed by atoms with Gasteiger partial charge >= 0.3 is 0 Å². The number of hydrogen-bond acceptors (Lipinski definition) is 2. The van der Waals surface area contributed by atoms with Crippen molar-refractivity contribution in [2.75, 3.05) is 12.4 Å². The van der Waals surface area contributed by atoms with Crippen molar-refractivity contribution in [1.29, 1.82) is 0 Å². The fourth-order valence-corrected chi connectivity index (χ4v) is 2.08. The van der Waals surface area contributed by atoms with Crippen LogP contribution in [0.5, 0.6) is 0 Å². The molecule has 1 atom stereocenters. The van der Waals surface area contributed by atoms with Crippen molar-refractivity contribution < 1.29 is 4.79 Å². The van der Waals surface area contributed by atoms with Crippen molar-refractivity contribution in [3.63, 3.8) is 0 Å². The summed E-state index contributed by atoms with van der Waals surface area (Å²) in [6.45, 7) is 8.98. The molecule has 0 heterocycles. The van der Waals surface area contributed by atoms with E-state index in [-0.39, 0.29) is 5.91 Å². The van der Waals surface area contributed by atoms with Crippen molar-refractivity contribution in [2.45, 2.75) is 53.1 Å².